The predicted octanol–water partition coefficient (Wildman–Crippen LogP) is 17.7. The van der Waals surface area contributed by atoms with Crippen LogP contribution in [-0.4, -0.2) is 24.1 Å². The zero-order chi connectivity index (χ0) is 49.0. The third-order valence-corrected chi connectivity index (χ3v) is 14.4. The molecule has 0 amide bonds. The summed E-state index contributed by atoms with van der Waals surface area (Å²) < 4.78 is 4.84. The summed E-state index contributed by atoms with van der Waals surface area (Å²) in [5.41, 5.74) is 18.4. The number of aromatic nitrogens is 5. The molecule has 0 aliphatic heterocycles. The molecule has 0 bridgehead atoms. The van der Waals surface area contributed by atoms with Crippen LogP contribution < -0.4 is 0 Å². The van der Waals surface area contributed by atoms with Gasteiger partial charge in [-0.1, -0.05) is 206 Å². The van der Waals surface area contributed by atoms with Gasteiger partial charge in [0.1, 0.15) is 0 Å². The van der Waals surface area contributed by atoms with Crippen molar-refractivity contribution < 1.29 is 0 Å². The van der Waals surface area contributed by atoms with Crippen molar-refractivity contribution >= 4 is 43.6 Å². The maximum atomic E-state index is 5.28. The van der Waals surface area contributed by atoms with Crippen molar-refractivity contribution in [1.82, 2.24) is 24.1 Å². The molecule has 3 heterocycles. The van der Waals surface area contributed by atoms with Crippen molar-refractivity contribution in [3.63, 3.8) is 0 Å². The summed E-state index contributed by atoms with van der Waals surface area (Å²) in [6.45, 7) is 0. The molecule has 0 saturated heterocycles. The van der Waals surface area contributed by atoms with Crippen molar-refractivity contribution in [2.24, 2.45) is 0 Å². The lowest BCUT2D eigenvalue weighted by Crippen LogP contribution is -2.01. The molecular weight excluding hydrogens is 899 g/mol. The Balaban J connectivity index is 1.02. The van der Waals surface area contributed by atoms with Gasteiger partial charge in [-0.3, -0.25) is 0 Å². The van der Waals surface area contributed by atoms with Crippen LogP contribution in [0.3, 0.4) is 0 Å². The van der Waals surface area contributed by atoms with Gasteiger partial charge in [0, 0.05) is 49.4 Å². The molecule has 0 N–H and O–H groups in total. The van der Waals surface area contributed by atoms with E-state index in [9.17, 15) is 0 Å². The van der Waals surface area contributed by atoms with Gasteiger partial charge in [0.2, 0.25) is 0 Å². The Morgan fingerprint density at radius 3 is 0.838 bits per heavy atom. The minimum absolute atomic E-state index is 0.594. The number of rotatable bonds is 9. The Labute approximate surface area is 428 Å². The number of para-hydroxylation sites is 4. The van der Waals surface area contributed by atoms with Crippen molar-refractivity contribution in [2.45, 2.75) is 0 Å². The maximum Gasteiger partial charge on any atom is 0.164 e. The van der Waals surface area contributed by atoms with Crippen LogP contribution in [0.2, 0.25) is 0 Å². The molecule has 14 rings (SSSR count). The number of benzene rings is 11. The predicted molar refractivity (Wildman–Crippen MR) is 307 cm³/mol. The highest BCUT2D eigenvalue weighted by Crippen LogP contribution is 2.42. The molecule has 5 heteroatoms. The zero-order valence-corrected chi connectivity index (χ0v) is 40.2. The minimum atomic E-state index is 0.594. The summed E-state index contributed by atoms with van der Waals surface area (Å²) >= 11 is 0. The summed E-state index contributed by atoms with van der Waals surface area (Å²) in [6, 6.07) is 97.4. The van der Waals surface area contributed by atoms with E-state index in [1.54, 1.807) is 0 Å². The lowest BCUT2D eigenvalue weighted by atomic mass is 9.91. The normalized spacial score (nSPS) is 11.5. The number of hydrogen-bond acceptors (Lipinski definition) is 3. The Hall–Kier alpha value is -9.97. The molecule has 11 aromatic carbocycles. The number of nitrogens with zero attached hydrogens (tertiary/aromatic N) is 5. The summed E-state index contributed by atoms with van der Waals surface area (Å²) in [7, 11) is 0. The Kier molecular flexibility index (Phi) is 10.4. The van der Waals surface area contributed by atoms with Gasteiger partial charge in [-0.25, -0.2) is 15.0 Å². The van der Waals surface area contributed by atoms with Crippen LogP contribution in [0, 0.1) is 0 Å². The van der Waals surface area contributed by atoms with E-state index in [4.69, 9.17) is 15.0 Å². The molecule has 0 unspecified atom stereocenters. The Morgan fingerprint density at radius 2 is 0.486 bits per heavy atom. The number of fused-ring (bicyclic) bond motifs is 6. The van der Waals surface area contributed by atoms with Crippen LogP contribution in [0.1, 0.15) is 0 Å². The fraction of sp³-hybridized carbons (Fsp3) is 0. The molecule has 0 spiro atoms. The fourth-order valence-electron chi connectivity index (χ4n) is 10.9. The first-order valence-electron chi connectivity index (χ1n) is 25.1. The van der Waals surface area contributed by atoms with Crippen molar-refractivity contribution in [2.75, 3.05) is 0 Å². The van der Waals surface area contributed by atoms with E-state index in [0.717, 1.165) is 72.6 Å². The van der Waals surface area contributed by atoms with E-state index in [0.29, 0.717) is 17.5 Å². The van der Waals surface area contributed by atoms with Crippen LogP contribution in [-0.2, 0) is 0 Å². The summed E-state index contributed by atoms with van der Waals surface area (Å²) in [4.78, 5) is 15.6. The first kappa shape index (κ1) is 42.9. The van der Waals surface area contributed by atoms with Gasteiger partial charge in [-0.15, -0.1) is 0 Å². The number of hydrogen-bond donors (Lipinski definition) is 0. The molecule has 3 aromatic heterocycles. The fourth-order valence-corrected chi connectivity index (χ4v) is 10.9. The van der Waals surface area contributed by atoms with Crippen LogP contribution >= 0.6 is 0 Å². The molecule has 0 fully saturated rings. The van der Waals surface area contributed by atoms with Crippen molar-refractivity contribution in [3.8, 4) is 90.0 Å². The van der Waals surface area contributed by atoms with E-state index in [1.807, 2.05) is 36.4 Å². The smallest absolute Gasteiger partial charge is 0.164 e. The molecule has 0 atom stereocenters. The Bertz CT molecular complexity index is 4020. The molecule has 5 nitrogen and oxygen atoms in total. The first-order valence-corrected chi connectivity index (χ1v) is 25.1. The SMILES string of the molecule is c1ccc(-c2nc(-c3ccccc3)nc(-c3cc(-c4ccc(-n5c6ccccc6c6ccccc65)c(-c5ccccc5)c4)cc(-c4ccc(-n5c6ccccc6c6ccccc65)c(-c5ccccc5)c4)c3)n2)cc1. The van der Waals surface area contributed by atoms with Gasteiger partial charge >= 0.3 is 0 Å². The summed E-state index contributed by atoms with van der Waals surface area (Å²) in [6.07, 6.45) is 0. The van der Waals surface area contributed by atoms with Crippen LogP contribution in [0.25, 0.3) is 134 Å². The van der Waals surface area contributed by atoms with Crippen molar-refractivity contribution in [1.29, 1.82) is 0 Å². The summed E-state index contributed by atoms with van der Waals surface area (Å²) in [5, 5.41) is 4.91. The molecule has 0 saturated carbocycles. The summed E-state index contributed by atoms with van der Waals surface area (Å²) in [5.74, 6) is 1.83. The highest BCUT2D eigenvalue weighted by molar-refractivity contribution is 6.11. The van der Waals surface area contributed by atoms with E-state index in [1.165, 1.54) is 43.6 Å². The third kappa shape index (κ3) is 7.46. The van der Waals surface area contributed by atoms with Gasteiger partial charge in [0.05, 0.1) is 33.4 Å². The molecule has 346 valence electrons. The van der Waals surface area contributed by atoms with Gasteiger partial charge in [0.15, 0.2) is 17.5 Å². The molecule has 14 aromatic rings. The molecule has 0 radical (unpaired) electrons. The van der Waals surface area contributed by atoms with Crippen LogP contribution in [0.15, 0.2) is 273 Å². The molecule has 0 aliphatic carbocycles. The minimum Gasteiger partial charge on any atom is -0.309 e. The van der Waals surface area contributed by atoms with Crippen LogP contribution in [0.5, 0.6) is 0 Å². The third-order valence-electron chi connectivity index (χ3n) is 14.4. The average Bonchev–Trinajstić information content (AvgIpc) is 4.00. The standard InChI is InChI=1S/C69H45N5/c1-5-21-46(22-6-1)59-44-50(37-39-65(59)73-61-33-17-13-29-55(61)56-30-14-18-34-62(56)73)52-41-53(43-54(42-52)69-71-67(48-25-9-3-10-26-48)70-68(72-69)49-27-11-4-12-28-49)51-38-40-66(60(45-51)47-23-7-2-8-24-47)74-63-35-19-15-31-57(63)58-32-16-20-36-64(58)74/h1-45H. The largest absolute Gasteiger partial charge is 0.309 e. The van der Waals surface area contributed by atoms with Gasteiger partial charge in [0.25, 0.3) is 0 Å². The highest BCUT2D eigenvalue weighted by atomic mass is 15.0. The molecule has 0 aliphatic rings. The zero-order valence-electron chi connectivity index (χ0n) is 40.2. The molecule has 74 heavy (non-hydrogen) atoms. The van der Waals surface area contributed by atoms with E-state index < -0.39 is 0 Å². The second-order valence-electron chi connectivity index (χ2n) is 18.8. The van der Waals surface area contributed by atoms with Gasteiger partial charge < -0.3 is 9.13 Å². The van der Waals surface area contributed by atoms with Crippen LogP contribution in [0.4, 0.5) is 0 Å². The van der Waals surface area contributed by atoms with E-state index >= 15 is 0 Å². The van der Waals surface area contributed by atoms with Crippen molar-refractivity contribution in [3.05, 3.63) is 273 Å². The topological polar surface area (TPSA) is 48.5 Å². The Morgan fingerprint density at radius 1 is 0.203 bits per heavy atom. The maximum absolute atomic E-state index is 5.28. The van der Waals surface area contributed by atoms with E-state index in [2.05, 4.69) is 246 Å². The first-order chi connectivity index (χ1) is 36.7. The molecular formula is C69H45N5. The quantitative estimate of drug-likeness (QED) is 0.145. The van der Waals surface area contributed by atoms with Gasteiger partial charge in [-0.2, -0.15) is 0 Å². The monoisotopic (exact) mass is 943 g/mol. The highest BCUT2D eigenvalue weighted by Gasteiger charge is 2.21. The second-order valence-corrected chi connectivity index (χ2v) is 18.8. The lowest BCUT2D eigenvalue weighted by Gasteiger charge is -2.18. The van der Waals surface area contributed by atoms with E-state index in [-0.39, 0.29) is 0 Å². The average molecular weight is 944 g/mol. The van der Waals surface area contributed by atoms with Gasteiger partial charge in [-0.05, 0) is 100 Å². The second kappa shape index (κ2) is 18.0. The lowest BCUT2D eigenvalue weighted by molar-refractivity contribution is 1.07.